The fraction of sp³-hybridized carbons (Fsp3) is 0.250. The SMILES string of the molecule is CC(C)C=Cc1c(O)cc(O)c2c1O[C@H](c1ccccc1)CC2=O. The van der Waals surface area contributed by atoms with Gasteiger partial charge in [0.2, 0.25) is 0 Å². The van der Waals surface area contributed by atoms with Crippen LogP contribution in [-0.2, 0) is 0 Å². The van der Waals surface area contributed by atoms with Gasteiger partial charge < -0.3 is 14.9 Å². The Morgan fingerprint density at radius 3 is 2.54 bits per heavy atom. The van der Waals surface area contributed by atoms with E-state index in [1.165, 1.54) is 6.07 Å². The minimum absolute atomic E-state index is 0.107. The Hall–Kier alpha value is -2.75. The van der Waals surface area contributed by atoms with Crippen LogP contribution < -0.4 is 4.74 Å². The zero-order chi connectivity index (χ0) is 17.3. The van der Waals surface area contributed by atoms with Crippen LogP contribution in [0.3, 0.4) is 0 Å². The number of phenolic OH excluding ortho intramolecular Hbond substituents is 2. The van der Waals surface area contributed by atoms with E-state index in [-0.39, 0.29) is 40.9 Å². The number of benzene rings is 2. The summed E-state index contributed by atoms with van der Waals surface area (Å²) in [5, 5.41) is 20.3. The first-order chi connectivity index (χ1) is 11.5. The molecule has 124 valence electrons. The molecule has 0 unspecified atom stereocenters. The highest BCUT2D eigenvalue weighted by Crippen LogP contribution is 2.45. The molecule has 2 N–H and O–H groups in total. The Morgan fingerprint density at radius 1 is 1.17 bits per heavy atom. The first-order valence-electron chi connectivity index (χ1n) is 7.99. The van der Waals surface area contributed by atoms with Crippen molar-refractivity contribution in [3.8, 4) is 17.2 Å². The third kappa shape index (κ3) is 3.00. The van der Waals surface area contributed by atoms with Crippen molar-refractivity contribution in [2.24, 2.45) is 5.92 Å². The standard InChI is InChI=1S/C20H20O4/c1-12(2)8-9-14-15(21)10-16(22)19-17(23)11-18(24-20(14)19)13-6-4-3-5-7-13/h3-10,12,18,21-22H,11H2,1-2H3/t18-/m0/s1. The molecule has 0 amide bonds. The van der Waals surface area contributed by atoms with E-state index in [2.05, 4.69) is 0 Å². The molecule has 0 bridgehead atoms. The Balaban J connectivity index is 2.10. The van der Waals surface area contributed by atoms with Gasteiger partial charge in [0, 0.05) is 6.07 Å². The second-order valence-corrected chi connectivity index (χ2v) is 6.28. The predicted molar refractivity (Wildman–Crippen MR) is 92.4 cm³/mol. The molecule has 24 heavy (non-hydrogen) atoms. The van der Waals surface area contributed by atoms with Crippen molar-refractivity contribution in [3.05, 3.63) is 59.2 Å². The fourth-order valence-electron chi connectivity index (χ4n) is 2.80. The predicted octanol–water partition coefficient (Wildman–Crippen LogP) is 4.47. The van der Waals surface area contributed by atoms with Gasteiger partial charge in [0.25, 0.3) is 0 Å². The second-order valence-electron chi connectivity index (χ2n) is 6.28. The van der Waals surface area contributed by atoms with E-state index in [1.54, 1.807) is 6.08 Å². The molecule has 0 fully saturated rings. The number of ketones is 1. The number of ether oxygens (including phenoxy) is 1. The maximum atomic E-state index is 12.5. The lowest BCUT2D eigenvalue weighted by atomic mass is 9.93. The number of aromatic hydroxyl groups is 2. The third-order valence-electron chi connectivity index (χ3n) is 4.01. The molecule has 1 aliphatic heterocycles. The normalized spacial score (nSPS) is 17.1. The van der Waals surface area contributed by atoms with E-state index < -0.39 is 6.10 Å². The quantitative estimate of drug-likeness (QED) is 0.874. The lowest BCUT2D eigenvalue weighted by Gasteiger charge is -2.27. The summed E-state index contributed by atoms with van der Waals surface area (Å²) >= 11 is 0. The Bertz CT molecular complexity index is 791. The van der Waals surface area contributed by atoms with E-state index in [9.17, 15) is 15.0 Å². The lowest BCUT2D eigenvalue weighted by molar-refractivity contribution is 0.0844. The van der Waals surface area contributed by atoms with Gasteiger partial charge in [0.15, 0.2) is 5.78 Å². The summed E-state index contributed by atoms with van der Waals surface area (Å²) in [6.45, 7) is 4.03. The van der Waals surface area contributed by atoms with Crippen molar-refractivity contribution in [3.63, 3.8) is 0 Å². The zero-order valence-electron chi connectivity index (χ0n) is 13.7. The van der Waals surface area contributed by atoms with Gasteiger partial charge in [0.05, 0.1) is 12.0 Å². The number of carbonyl (C=O) groups is 1. The van der Waals surface area contributed by atoms with E-state index >= 15 is 0 Å². The van der Waals surface area contributed by atoms with E-state index in [4.69, 9.17) is 4.74 Å². The van der Waals surface area contributed by atoms with Gasteiger partial charge in [-0.25, -0.2) is 0 Å². The number of fused-ring (bicyclic) bond motifs is 1. The average Bonchev–Trinajstić information content (AvgIpc) is 2.54. The highest BCUT2D eigenvalue weighted by Gasteiger charge is 2.33. The summed E-state index contributed by atoms with van der Waals surface area (Å²) in [7, 11) is 0. The van der Waals surface area contributed by atoms with Crippen LogP contribution in [0.1, 0.15) is 47.9 Å². The largest absolute Gasteiger partial charge is 0.507 e. The highest BCUT2D eigenvalue weighted by molar-refractivity contribution is 6.04. The molecular weight excluding hydrogens is 304 g/mol. The van der Waals surface area contributed by atoms with E-state index in [1.807, 2.05) is 50.3 Å². The van der Waals surface area contributed by atoms with E-state index in [0.717, 1.165) is 5.56 Å². The number of phenols is 2. The van der Waals surface area contributed by atoms with Gasteiger partial charge in [0.1, 0.15) is 28.9 Å². The Morgan fingerprint density at radius 2 is 1.88 bits per heavy atom. The Labute approximate surface area is 141 Å². The molecule has 1 aliphatic rings. The summed E-state index contributed by atoms with van der Waals surface area (Å²) in [5.41, 5.74) is 1.45. The van der Waals surface area contributed by atoms with Gasteiger partial charge in [-0.15, -0.1) is 0 Å². The molecule has 1 atom stereocenters. The van der Waals surface area contributed by atoms with Crippen molar-refractivity contribution in [1.29, 1.82) is 0 Å². The summed E-state index contributed by atoms with van der Waals surface area (Å²) in [6, 6.07) is 10.7. The molecule has 0 aliphatic carbocycles. The molecule has 0 spiro atoms. The van der Waals surface area contributed by atoms with Gasteiger partial charge in [-0.1, -0.05) is 56.3 Å². The first kappa shape index (κ1) is 16.1. The van der Waals surface area contributed by atoms with Crippen molar-refractivity contribution in [1.82, 2.24) is 0 Å². The van der Waals surface area contributed by atoms with Crippen molar-refractivity contribution < 1.29 is 19.7 Å². The highest BCUT2D eigenvalue weighted by atomic mass is 16.5. The molecule has 2 aromatic carbocycles. The second kappa shape index (κ2) is 6.40. The molecule has 4 nitrogen and oxygen atoms in total. The summed E-state index contributed by atoms with van der Waals surface area (Å²) in [5.74, 6) is -0.0280. The summed E-state index contributed by atoms with van der Waals surface area (Å²) in [6.07, 6.45) is 3.37. The maximum absolute atomic E-state index is 12.5. The molecule has 4 heteroatoms. The molecule has 0 aromatic heterocycles. The van der Waals surface area contributed by atoms with Gasteiger partial charge in [-0.2, -0.15) is 0 Å². The molecule has 1 heterocycles. The number of carbonyl (C=O) groups excluding carboxylic acids is 1. The molecule has 0 radical (unpaired) electrons. The number of hydrogen-bond acceptors (Lipinski definition) is 4. The number of rotatable bonds is 3. The van der Waals surface area contributed by atoms with Crippen molar-refractivity contribution >= 4 is 11.9 Å². The lowest BCUT2D eigenvalue weighted by Crippen LogP contribution is -2.21. The summed E-state index contributed by atoms with van der Waals surface area (Å²) in [4.78, 5) is 12.5. The average molecular weight is 324 g/mol. The first-order valence-corrected chi connectivity index (χ1v) is 7.99. The van der Waals surface area contributed by atoms with E-state index in [0.29, 0.717) is 5.56 Å². The monoisotopic (exact) mass is 324 g/mol. The van der Waals surface area contributed by atoms with Crippen LogP contribution in [0.25, 0.3) is 6.08 Å². The number of hydrogen-bond donors (Lipinski definition) is 2. The molecule has 0 saturated carbocycles. The molecule has 2 aromatic rings. The maximum Gasteiger partial charge on any atom is 0.174 e. The van der Waals surface area contributed by atoms with Crippen LogP contribution in [0.4, 0.5) is 0 Å². The minimum atomic E-state index is -0.432. The van der Waals surface area contributed by atoms with Gasteiger partial charge in [-0.3, -0.25) is 4.79 Å². The molecular formula is C20H20O4. The minimum Gasteiger partial charge on any atom is -0.507 e. The third-order valence-corrected chi connectivity index (χ3v) is 4.01. The van der Waals surface area contributed by atoms with Crippen LogP contribution in [0.2, 0.25) is 0 Å². The van der Waals surface area contributed by atoms with Crippen LogP contribution in [0.5, 0.6) is 17.2 Å². The molecule has 0 saturated heterocycles. The van der Waals surface area contributed by atoms with Gasteiger partial charge in [-0.05, 0) is 11.5 Å². The van der Waals surface area contributed by atoms with Crippen LogP contribution >= 0.6 is 0 Å². The fourth-order valence-corrected chi connectivity index (χ4v) is 2.80. The van der Waals surface area contributed by atoms with Crippen LogP contribution in [0.15, 0.2) is 42.5 Å². The van der Waals surface area contributed by atoms with Gasteiger partial charge >= 0.3 is 0 Å². The molecule has 3 rings (SSSR count). The van der Waals surface area contributed by atoms with Crippen LogP contribution in [0, 0.1) is 5.92 Å². The zero-order valence-corrected chi connectivity index (χ0v) is 13.7. The van der Waals surface area contributed by atoms with Crippen molar-refractivity contribution in [2.75, 3.05) is 0 Å². The van der Waals surface area contributed by atoms with Crippen LogP contribution in [-0.4, -0.2) is 16.0 Å². The number of Topliss-reactive ketones (excluding diaryl/α,β-unsaturated/α-hetero) is 1. The van der Waals surface area contributed by atoms with Crippen molar-refractivity contribution in [2.45, 2.75) is 26.4 Å². The topological polar surface area (TPSA) is 66.8 Å². The number of allylic oxidation sites excluding steroid dienone is 1. The smallest absolute Gasteiger partial charge is 0.174 e. The Kier molecular flexibility index (Phi) is 4.30. The summed E-state index contributed by atoms with van der Waals surface area (Å²) < 4.78 is 6.02.